The van der Waals surface area contributed by atoms with Gasteiger partial charge in [0.25, 0.3) is 0 Å². The molecule has 40 heavy (non-hydrogen) atoms. The third-order valence-corrected chi connectivity index (χ3v) is 15.1. The molecular formula is C38H48P2. The molecule has 0 saturated carbocycles. The summed E-state index contributed by atoms with van der Waals surface area (Å²) >= 11 is 0. The van der Waals surface area contributed by atoms with E-state index in [9.17, 15) is 0 Å². The number of rotatable bonds is 11. The molecule has 0 aliphatic heterocycles. The normalized spacial score (nSPS) is 14.8. The Balaban J connectivity index is 1.89. The Morgan fingerprint density at radius 2 is 0.725 bits per heavy atom. The minimum absolute atomic E-state index is 0.206. The van der Waals surface area contributed by atoms with Gasteiger partial charge in [0, 0.05) is 0 Å². The zero-order chi connectivity index (χ0) is 28.9. The van der Waals surface area contributed by atoms with Crippen LogP contribution in [0.1, 0.15) is 69.2 Å². The van der Waals surface area contributed by atoms with E-state index in [0.717, 1.165) is 0 Å². The van der Waals surface area contributed by atoms with Gasteiger partial charge in [-0.2, -0.15) is 0 Å². The van der Waals surface area contributed by atoms with Crippen LogP contribution in [0.15, 0.2) is 97.1 Å². The lowest BCUT2D eigenvalue weighted by atomic mass is 9.75. The Kier molecular flexibility index (Phi) is 10.4. The van der Waals surface area contributed by atoms with Gasteiger partial charge >= 0.3 is 0 Å². The number of hydrogen-bond donors (Lipinski definition) is 0. The molecule has 0 fully saturated rings. The van der Waals surface area contributed by atoms with Crippen molar-refractivity contribution in [2.45, 2.75) is 86.0 Å². The number of hydrogen-bond acceptors (Lipinski definition) is 0. The van der Waals surface area contributed by atoms with E-state index in [1.165, 1.54) is 62.7 Å². The summed E-state index contributed by atoms with van der Waals surface area (Å²) in [6.45, 7) is 18.9. The first-order valence-corrected chi connectivity index (χ1v) is 17.9. The summed E-state index contributed by atoms with van der Waals surface area (Å²) in [7, 11) is -1.07. The third kappa shape index (κ3) is 6.62. The second-order valence-electron chi connectivity index (χ2n) is 11.8. The highest BCUT2D eigenvalue weighted by molar-refractivity contribution is 7.74. The van der Waals surface area contributed by atoms with Crippen molar-refractivity contribution >= 4 is 37.1 Å². The summed E-state index contributed by atoms with van der Waals surface area (Å²) in [4.78, 5) is 0. The lowest BCUT2D eigenvalue weighted by molar-refractivity contribution is 0.241. The predicted molar refractivity (Wildman–Crippen MR) is 184 cm³/mol. The maximum absolute atomic E-state index is 2.60. The van der Waals surface area contributed by atoms with Gasteiger partial charge in [-0.3, -0.25) is 0 Å². The van der Waals surface area contributed by atoms with E-state index in [0.29, 0.717) is 11.3 Å². The van der Waals surface area contributed by atoms with Gasteiger partial charge in [0.15, 0.2) is 0 Å². The molecule has 0 aliphatic carbocycles. The molecule has 0 spiro atoms. The number of aryl methyl sites for hydroxylation is 4. The van der Waals surface area contributed by atoms with Gasteiger partial charge in [-0.05, 0) is 94.3 Å². The van der Waals surface area contributed by atoms with Crippen LogP contribution in [0.3, 0.4) is 0 Å². The van der Waals surface area contributed by atoms with Crippen LogP contribution in [0.25, 0.3) is 0 Å². The minimum atomic E-state index is -0.537. The molecule has 0 N–H and O–H groups in total. The van der Waals surface area contributed by atoms with Crippen LogP contribution >= 0.6 is 15.8 Å². The average Bonchev–Trinajstić information content (AvgIpc) is 2.96. The van der Waals surface area contributed by atoms with Gasteiger partial charge in [-0.25, -0.2) is 0 Å². The standard InChI is InChI=1S/C38H48P2/c1-9-27-38(10-2,32(7)39(34-19-11-28(3)12-20-34)35-21-13-29(4)14-22-35)33(8)40(36-23-15-30(5)16-24-36)37-25-17-31(6)18-26-37/h11-26,32-33H,9-10,27H2,1-8H3. The molecule has 0 aliphatic rings. The summed E-state index contributed by atoms with van der Waals surface area (Å²) in [6.07, 6.45) is 3.65. The molecule has 2 atom stereocenters. The maximum Gasteiger partial charge on any atom is -0.00945 e. The first kappa shape index (κ1) is 30.7. The SMILES string of the molecule is CCCC(CC)(C(C)P(c1ccc(C)cc1)c1ccc(C)cc1)C(C)P(c1ccc(C)cc1)c1ccc(C)cc1. The van der Waals surface area contributed by atoms with Crippen molar-refractivity contribution in [1.82, 2.24) is 0 Å². The topological polar surface area (TPSA) is 0 Å². The molecule has 0 saturated heterocycles. The highest BCUT2D eigenvalue weighted by Crippen LogP contribution is 2.59. The van der Waals surface area contributed by atoms with Gasteiger partial charge < -0.3 is 0 Å². The van der Waals surface area contributed by atoms with Gasteiger partial charge in [0.05, 0.1) is 0 Å². The van der Waals surface area contributed by atoms with E-state index in [4.69, 9.17) is 0 Å². The predicted octanol–water partition coefficient (Wildman–Crippen LogP) is 9.46. The zero-order valence-electron chi connectivity index (χ0n) is 25.9. The van der Waals surface area contributed by atoms with Gasteiger partial charge in [0.1, 0.15) is 0 Å². The van der Waals surface area contributed by atoms with Crippen LogP contribution < -0.4 is 21.2 Å². The summed E-state index contributed by atoms with van der Waals surface area (Å²) in [5.74, 6) is 0. The first-order valence-electron chi connectivity index (χ1n) is 15.0. The van der Waals surface area contributed by atoms with E-state index in [2.05, 4.69) is 152 Å². The minimum Gasteiger partial charge on any atom is -0.0654 e. The van der Waals surface area contributed by atoms with Gasteiger partial charge in [-0.1, -0.05) is 153 Å². The van der Waals surface area contributed by atoms with Crippen molar-refractivity contribution < 1.29 is 0 Å². The quantitative estimate of drug-likeness (QED) is 0.159. The summed E-state index contributed by atoms with van der Waals surface area (Å²) in [5, 5.41) is 6.03. The largest absolute Gasteiger partial charge is 0.0654 e. The van der Waals surface area contributed by atoms with Crippen LogP contribution in [0, 0.1) is 33.1 Å². The molecule has 4 aromatic carbocycles. The fraction of sp³-hybridized carbons (Fsp3) is 0.368. The van der Waals surface area contributed by atoms with E-state index >= 15 is 0 Å². The van der Waals surface area contributed by atoms with E-state index in [1.54, 1.807) is 0 Å². The van der Waals surface area contributed by atoms with Crippen LogP contribution in [-0.2, 0) is 0 Å². The molecule has 4 rings (SSSR count). The zero-order valence-corrected chi connectivity index (χ0v) is 27.7. The van der Waals surface area contributed by atoms with Crippen LogP contribution in [0.2, 0.25) is 0 Å². The molecule has 0 amide bonds. The van der Waals surface area contributed by atoms with Crippen LogP contribution in [-0.4, -0.2) is 11.3 Å². The van der Waals surface area contributed by atoms with Crippen molar-refractivity contribution in [3.63, 3.8) is 0 Å². The Labute approximate surface area is 247 Å². The lowest BCUT2D eigenvalue weighted by Gasteiger charge is -2.50. The summed E-state index contributed by atoms with van der Waals surface area (Å²) in [5.41, 5.74) is 6.62. The van der Waals surface area contributed by atoms with Crippen LogP contribution in [0.4, 0.5) is 0 Å². The fourth-order valence-electron chi connectivity index (χ4n) is 6.53. The molecule has 0 nitrogen and oxygen atoms in total. The third-order valence-electron chi connectivity index (χ3n) is 9.06. The smallest absolute Gasteiger partial charge is 0.00945 e. The highest BCUT2D eigenvalue weighted by Gasteiger charge is 2.46. The molecule has 0 aromatic heterocycles. The van der Waals surface area contributed by atoms with Gasteiger partial charge in [0.2, 0.25) is 0 Å². The molecule has 4 aromatic rings. The monoisotopic (exact) mass is 566 g/mol. The molecular weight excluding hydrogens is 518 g/mol. The molecule has 0 bridgehead atoms. The molecule has 2 unspecified atom stereocenters. The van der Waals surface area contributed by atoms with E-state index < -0.39 is 15.8 Å². The second kappa shape index (κ2) is 13.6. The van der Waals surface area contributed by atoms with E-state index in [1.807, 2.05) is 0 Å². The Hall–Kier alpha value is -2.26. The maximum atomic E-state index is 2.60. The first-order chi connectivity index (χ1) is 19.2. The van der Waals surface area contributed by atoms with Crippen molar-refractivity contribution in [2.75, 3.05) is 0 Å². The van der Waals surface area contributed by atoms with Crippen molar-refractivity contribution in [2.24, 2.45) is 5.41 Å². The Bertz CT molecular complexity index is 1140. The van der Waals surface area contributed by atoms with Crippen LogP contribution in [0.5, 0.6) is 0 Å². The van der Waals surface area contributed by atoms with Gasteiger partial charge in [-0.15, -0.1) is 0 Å². The van der Waals surface area contributed by atoms with Crippen molar-refractivity contribution in [3.8, 4) is 0 Å². The van der Waals surface area contributed by atoms with Crippen molar-refractivity contribution in [3.05, 3.63) is 119 Å². The average molecular weight is 567 g/mol. The molecule has 210 valence electrons. The summed E-state index contributed by atoms with van der Waals surface area (Å²) < 4.78 is 0. The van der Waals surface area contributed by atoms with E-state index in [-0.39, 0.29) is 5.41 Å². The Morgan fingerprint density at radius 1 is 0.475 bits per heavy atom. The molecule has 2 heteroatoms. The lowest BCUT2D eigenvalue weighted by Crippen LogP contribution is -2.45. The number of benzene rings is 4. The molecule has 0 heterocycles. The fourth-order valence-corrected chi connectivity index (χ4v) is 13.0. The summed E-state index contributed by atoms with van der Waals surface area (Å²) in [6, 6.07) is 37.8. The van der Waals surface area contributed by atoms with Crippen molar-refractivity contribution in [1.29, 1.82) is 0 Å². The molecule has 0 radical (unpaired) electrons. The second-order valence-corrected chi connectivity index (χ2v) is 16.9. The highest BCUT2D eigenvalue weighted by atomic mass is 31.1. The Morgan fingerprint density at radius 3 is 0.925 bits per heavy atom.